The first kappa shape index (κ1) is 16.8. The summed E-state index contributed by atoms with van der Waals surface area (Å²) < 4.78 is 5.83. The number of benzene rings is 3. The van der Waals surface area contributed by atoms with E-state index in [1.165, 1.54) is 0 Å². The van der Waals surface area contributed by atoms with Gasteiger partial charge in [0.25, 0.3) is 0 Å². The highest BCUT2D eigenvalue weighted by Crippen LogP contribution is 2.26. The number of carbonyl (C=O) groups is 1. The number of fused-ring (bicyclic) bond motifs is 1. The minimum atomic E-state index is -0.138. The van der Waals surface area contributed by atoms with E-state index in [-0.39, 0.29) is 11.7 Å². The number of amides is 1. The van der Waals surface area contributed by atoms with Crippen LogP contribution in [0.25, 0.3) is 10.8 Å². The zero-order valence-electron chi connectivity index (χ0n) is 14.2. The van der Waals surface area contributed by atoms with E-state index in [1.807, 2.05) is 55.5 Å². The molecular formula is C21H21NO3. The fraction of sp³-hybridized carbons (Fsp3) is 0.190. The van der Waals surface area contributed by atoms with Crippen LogP contribution in [-0.4, -0.2) is 17.6 Å². The van der Waals surface area contributed by atoms with E-state index in [0.717, 1.165) is 22.1 Å². The number of phenolic OH excluding ortho intramolecular Hbond substituents is 1. The van der Waals surface area contributed by atoms with Crippen molar-refractivity contribution in [3.63, 3.8) is 0 Å². The van der Waals surface area contributed by atoms with Gasteiger partial charge in [-0.2, -0.15) is 0 Å². The van der Waals surface area contributed by atoms with Crippen LogP contribution in [0.2, 0.25) is 0 Å². The SMILES string of the molecule is Cc1ccc(NC(=O)CCCOc2cccc3ccccc23)c(O)c1. The van der Waals surface area contributed by atoms with Crippen LogP contribution in [0, 0.1) is 6.92 Å². The maximum atomic E-state index is 12.0. The average molecular weight is 335 g/mol. The molecule has 0 bridgehead atoms. The number of hydrogen-bond acceptors (Lipinski definition) is 3. The summed E-state index contributed by atoms with van der Waals surface area (Å²) in [6.07, 6.45) is 0.930. The van der Waals surface area contributed by atoms with Gasteiger partial charge < -0.3 is 15.2 Å². The van der Waals surface area contributed by atoms with Gasteiger partial charge in [0.2, 0.25) is 5.91 Å². The Bertz CT molecular complexity index is 884. The van der Waals surface area contributed by atoms with Gasteiger partial charge in [-0.05, 0) is 42.5 Å². The van der Waals surface area contributed by atoms with Crippen molar-refractivity contribution in [3.05, 3.63) is 66.2 Å². The standard InChI is InChI=1S/C21H21NO3/c1-15-11-12-18(19(23)14-15)22-21(24)10-5-13-25-20-9-4-7-16-6-2-3-8-17(16)20/h2-4,6-9,11-12,14,23H,5,10,13H2,1H3,(H,22,24). The fourth-order valence-electron chi connectivity index (χ4n) is 2.70. The molecule has 0 atom stereocenters. The first-order valence-electron chi connectivity index (χ1n) is 8.33. The number of nitrogens with one attached hydrogen (secondary N) is 1. The molecule has 0 saturated carbocycles. The Morgan fingerprint density at radius 2 is 1.88 bits per heavy atom. The average Bonchev–Trinajstić information content (AvgIpc) is 2.61. The van der Waals surface area contributed by atoms with Gasteiger partial charge in [0.1, 0.15) is 11.5 Å². The van der Waals surface area contributed by atoms with Crippen molar-refractivity contribution in [3.8, 4) is 11.5 Å². The highest BCUT2D eigenvalue weighted by molar-refractivity contribution is 5.92. The number of phenols is 1. The fourth-order valence-corrected chi connectivity index (χ4v) is 2.70. The van der Waals surface area contributed by atoms with Gasteiger partial charge in [-0.3, -0.25) is 4.79 Å². The summed E-state index contributed by atoms with van der Waals surface area (Å²) in [6, 6.07) is 19.2. The molecular weight excluding hydrogens is 314 g/mol. The molecule has 0 radical (unpaired) electrons. The van der Waals surface area contributed by atoms with Crippen LogP contribution in [0.5, 0.6) is 11.5 Å². The van der Waals surface area contributed by atoms with Crippen LogP contribution in [0.1, 0.15) is 18.4 Å². The molecule has 0 spiro atoms. The summed E-state index contributed by atoms with van der Waals surface area (Å²) in [6.45, 7) is 2.34. The van der Waals surface area contributed by atoms with Gasteiger partial charge in [0.05, 0.1) is 12.3 Å². The molecule has 4 heteroatoms. The first-order chi connectivity index (χ1) is 12.1. The van der Waals surface area contributed by atoms with Crippen molar-refractivity contribution in [1.82, 2.24) is 0 Å². The van der Waals surface area contributed by atoms with Crippen LogP contribution in [0.3, 0.4) is 0 Å². The Morgan fingerprint density at radius 1 is 1.08 bits per heavy atom. The number of anilines is 1. The van der Waals surface area contributed by atoms with Gasteiger partial charge in [-0.15, -0.1) is 0 Å². The van der Waals surface area contributed by atoms with Crippen molar-refractivity contribution in [1.29, 1.82) is 0 Å². The Hall–Kier alpha value is -3.01. The van der Waals surface area contributed by atoms with Crippen molar-refractivity contribution < 1.29 is 14.6 Å². The number of rotatable bonds is 6. The molecule has 1 amide bonds. The highest BCUT2D eigenvalue weighted by atomic mass is 16.5. The molecule has 3 aromatic rings. The minimum Gasteiger partial charge on any atom is -0.506 e. The van der Waals surface area contributed by atoms with Crippen LogP contribution in [0.4, 0.5) is 5.69 Å². The lowest BCUT2D eigenvalue weighted by molar-refractivity contribution is -0.116. The smallest absolute Gasteiger partial charge is 0.224 e. The van der Waals surface area contributed by atoms with E-state index < -0.39 is 0 Å². The molecule has 2 N–H and O–H groups in total. The topological polar surface area (TPSA) is 58.6 Å². The largest absolute Gasteiger partial charge is 0.506 e. The van der Waals surface area contributed by atoms with E-state index in [4.69, 9.17) is 4.74 Å². The Kier molecular flexibility index (Phi) is 5.19. The van der Waals surface area contributed by atoms with Crippen LogP contribution >= 0.6 is 0 Å². The third kappa shape index (κ3) is 4.29. The van der Waals surface area contributed by atoms with Crippen molar-refractivity contribution in [2.45, 2.75) is 19.8 Å². The van der Waals surface area contributed by atoms with E-state index in [9.17, 15) is 9.90 Å². The second-order valence-electron chi connectivity index (χ2n) is 6.00. The third-order valence-corrected chi connectivity index (χ3v) is 3.98. The molecule has 0 unspecified atom stereocenters. The molecule has 0 heterocycles. The highest BCUT2D eigenvalue weighted by Gasteiger charge is 2.07. The lowest BCUT2D eigenvalue weighted by Gasteiger charge is -2.10. The summed E-state index contributed by atoms with van der Waals surface area (Å²) in [5.41, 5.74) is 1.38. The second-order valence-corrected chi connectivity index (χ2v) is 6.00. The molecule has 0 aliphatic carbocycles. The van der Waals surface area contributed by atoms with Gasteiger partial charge in [0, 0.05) is 11.8 Å². The van der Waals surface area contributed by atoms with Gasteiger partial charge in [-0.25, -0.2) is 0 Å². The number of carbonyl (C=O) groups excluding carboxylic acids is 1. The summed E-state index contributed by atoms with van der Waals surface area (Å²) in [4.78, 5) is 12.0. The maximum Gasteiger partial charge on any atom is 0.224 e. The molecule has 0 fully saturated rings. The van der Waals surface area contributed by atoms with Gasteiger partial charge >= 0.3 is 0 Å². The molecule has 128 valence electrons. The quantitative estimate of drug-likeness (QED) is 0.509. The Balaban J connectivity index is 1.50. The Labute approximate surface area is 147 Å². The molecule has 3 rings (SSSR count). The number of aryl methyl sites for hydroxylation is 1. The second kappa shape index (κ2) is 7.71. The summed E-state index contributed by atoms with van der Waals surface area (Å²) in [7, 11) is 0. The lowest BCUT2D eigenvalue weighted by atomic mass is 10.1. The summed E-state index contributed by atoms with van der Waals surface area (Å²) >= 11 is 0. The number of aromatic hydroxyl groups is 1. The van der Waals surface area contributed by atoms with E-state index in [1.54, 1.807) is 12.1 Å². The van der Waals surface area contributed by atoms with Gasteiger partial charge in [0.15, 0.2) is 0 Å². The first-order valence-corrected chi connectivity index (χ1v) is 8.33. The maximum absolute atomic E-state index is 12.0. The zero-order chi connectivity index (χ0) is 17.6. The van der Waals surface area contributed by atoms with Crippen molar-refractivity contribution in [2.75, 3.05) is 11.9 Å². The van der Waals surface area contributed by atoms with Crippen molar-refractivity contribution in [2.24, 2.45) is 0 Å². The monoisotopic (exact) mass is 335 g/mol. The molecule has 0 aromatic heterocycles. The molecule has 0 saturated heterocycles. The van der Waals surface area contributed by atoms with Crippen LogP contribution < -0.4 is 10.1 Å². The zero-order valence-corrected chi connectivity index (χ0v) is 14.2. The predicted molar refractivity (Wildman–Crippen MR) is 100 cm³/mol. The summed E-state index contributed by atoms with van der Waals surface area (Å²) in [5.74, 6) is 0.774. The third-order valence-electron chi connectivity index (χ3n) is 3.98. The normalized spacial score (nSPS) is 10.6. The number of hydrogen-bond donors (Lipinski definition) is 2. The summed E-state index contributed by atoms with van der Waals surface area (Å²) in [5, 5.41) is 14.7. The number of ether oxygens (including phenoxy) is 1. The van der Waals surface area contributed by atoms with Crippen LogP contribution in [0.15, 0.2) is 60.7 Å². The van der Waals surface area contributed by atoms with Gasteiger partial charge in [-0.1, -0.05) is 42.5 Å². The molecule has 0 aliphatic heterocycles. The molecule has 3 aromatic carbocycles. The van der Waals surface area contributed by atoms with E-state index >= 15 is 0 Å². The predicted octanol–water partition coefficient (Wildman–Crippen LogP) is 4.65. The van der Waals surface area contributed by atoms with E-state index in [2.05, 4.69) is 5.32 Å². The van der Waals surface area contributed by atoms with Crippen molar-refractivity contribution >= 4 is 22.4 Å². The molecule has 25 heavy (non-hydrogen) atoms. The minimum absolute atomic E-state index is 0.0837. The Morgan fingerprint density at radius 3 is 2.72 bits per heavy atom. The molecule has 0 aliphatic rings. The molecule has 4 nitrogen and oxygen atoms in total. The lowest BCUT2D eigenvalue weighted by Crippen LogP contribution is -2.13. The van der Waals surface area contributed by atoms with Crippen LogP contribution in [-0.2, 0) is 4.79 Å². The van der Waals surface area contributed by atoms with E-state index in [0.29, 0.717) is 25.1 Å².